The van der Waals surface area contributed by atoms with E-state index in [0.29, 0.717) is 0 Å². The molecule has 0 bridgehead atoms. The highest BCUT2D eigenvalue weighted by molar-refractivity contribution is 7.89. The van der Waals surface area contributed by atoms with Crippen LogP contribution in [0, 0.1) is 5.82 Å². The number of anilines is 1. The van der Waals surface area contributed by atoms with Crippen LogP contribution in [0.2, 0.25) is 0 Å². The van der Waals surface area contributed by atoms with Crippen molar-refractivity contribution in [2.75, 3.05) is 5.32 Å². The second kappa shape index (κ2) is 3.46. The topological polar surface area (TPSA) is 72.2 Å². The predicted molar refractivity (Wildman–Crippen MR) is 54.4 cm³/mol. The number of hydrogen-bond acceptors (Lipinski definition) is 3. The van der Waals surface area contributed by atoms with Crippen LogP contribution in [0.25, 0.3) is 0 Å². The van der Waals surface area contributed by atoms with Gasteiger partial charge in [-0.05, 0) is 25.0 Å². The lowest BCUT2D eigenvalue weighted by Crippen LogP contribution is -2.16. The smallest absolute Gasteiger partial charge is 0.240 e. The first-order valence-corrected chi connectivity index (χ1v) is 6.11. The molecule has 82 valence electrons. The number of halogens is 1. The minimum absolute atomic E-state index is 0.0116. The summed E-state index contributed by atoms with van der Waals surface area (Å²) in [6.45, 7) is 0. The summed E-state index contributed by atoms with van der Waals surface area (Å²) in [6, 6.07) is 4.00. The number of hydrogen-bond donors (Lipinski definition) is 2. The number of primary sulfonamides is 1. The molecular formula is C9H11FN2O2S. The Hall–Kier alpha value is -1.14. The molecule has 0 amide bonds. The van der Waals surface area contributed by atoms with Crippen molar-refractivity contribution in [2.24, 2.45) is 5.14 Å². The van der Waals surface area contributed by atoms with E-state index in [9.17, 15) is 12.8 Å². The van der Waals surface area contributed by atoms with Crippen LogP contribution < -0.4 is 10.5 Å². The SMILES string of the molecule is NS(=O)(=O)c1cccc(F)c1NC1CC1. The third-order valence-corrected chi connectivity index (χ3v) is 3.16. The van der Waals surface area contributed by atoms with Crippen molar-refractivity contribution >= 4 is 15.7 Å². The Morgan fingerprint density at radius 1 is 1.40 bits per heavy atom. The zero-order valence-electron chi connectivity index (χ0n) is 7.90. The van der Waals surface area contributed by atoms with Gasteiger partial charge in [-0.1, -0.05) is 6.07 Å². The Kier molecular flexibility index (Phi) is 2.40. The molecule has 1 saturated carbocycles. The van der Waals surface area contributed by atoms with Gasteiger partial charge in [-0.3, -0.25) is 0 Å². The molecule has 2 rings (SSSR count). The van der Waals surface area contributed by atoms with Gasteiger partial charge in [0, 0.05) is 6.04 Å². The normalized spacial score (nSPS) is 16.4. The van der Waals surface area contributed by atoms with Crippen LogP contribution >= 0.6 is 0 Å². The summed E-state index contributed by atoms with van der Waals surface area (Å²) in [5, 5.41) is 7.81. The summed E-state index contributed by atoms with van der Waals surface area (Å²) in [7, 11) is -3.88. The molecule has 0 aliphatic heterocycles. The molecule has 1 aliphatic rings. The summed E-state index contributed by atoms with van der Waals surface area (Å²) in [5.41, 5.74) is -0.0116. The Balaban J connectivity index is 2.47. The maximum Gasteiger partial charge on any atom is 0.240 e. The first kappa shape index (κ1) is 10.4. The Bertz CT molecular complexity index is 483. The molecule has 4 nitrogen and oxygen atoms in total. The molecule has 6 heteroatoms. The molecule has 1 fully saturated rings. The van der Waals surface area contributed by atoms with Crippen LogP contribution in [0.1, 0.15) is 12.8 Å². The maximum absolute atomic E-state index is 13.4. The van der Waals surface area contributed by atoms with Crippen molar-refractivity contribution in [3.63, 3.8) is 0 Å². The third kappa shape index (κ3) is 2.27. The minimum Gasteiger partial charge on any atom is -0.379 e. The van der Waals surface area contributed by atoms with Gasteiger partial charge in [0.05, 0.1) is 5.69 Å². The highest BCUT2D eigenvalue weighted by Gasteiger charge is 2.25. The fourth-order valence-electron chi connectivity index (χ4n) is 1.31. The molecular weight excluding hydrogens is 219 g/mol. The molecule has 1 aromatic rings. The number of nitrogens with one attached hydrogen (secondary N) is 1. The maximum atomic E-state index is 13.4. The van der Waals surface area contributed by atoms with Crippen molar-refractivity contribution in [1.29, 1.82) is 0 Å². The van der Waals surface area contributed by atoms with Crippen molar-refractivity contribution < 1.29 is 12.8 Å². The van der Waals surface area contributed by atoms with Gasteiger partial charge in [-0.2, -0.15) is 0 Å². The number of sulfonamides is 1. The van der Waals surface area contributed by atoms with E-state index in [2.05, 4.69) is 5.32 Å². The summed E-state index contributed by atoms with van der Waals surface area (Å²) in [4.78, 5) is -0.186. The van der Waals surface area contributed by atoms with Crippen molar-refractivity contribution in [3.05, 3.63) is 24.0 Å². The monoisotopic (exact) mass is 230 g/mol. The molecule has 0 unspecified atom stereocenters. The van der Waals surface area contributed by atoms with E-state index in [-0.39, 0.29) is 16.6 Å². The second-order valence-corrected chi connectivity index (χ2v) is 5.11. The van der Waals surface area contributed by atoms with E-state index < -0.39 is 15.8 Å². The van der Waals surface area contributed by atoms with Crippen LogP contribution in [0.4, 0.5) is 10.1 Å². The predicted octanol–water partition coefficient (Wildman–Crippen LogP) is 1.05. The Morgan fingerprint density at radius 3 is 2.60 bits per heavy atom. The zero-order chi connectivity index (χ0) is 11.1. The number of para-hydroxylation sites is 1. The molecule has 0 radical (unpaired) electrons. The molecule has 0 heterocycles. The van der Waals surface area contributed by atoms with Crippen LogP contribution in [0.5, 0.6) is 0 Å². The quantitative estimate of drug-likeness (QED) is 0.815. The molecule has 1 aliphatic carbocycles. The van der Waals surface area contributed by atoms with E-state index in [0.717, 1.165) is 12.8 Å². The van der Waals surface area contributed by atoms with Crippen LogP contribution in [-0.2, 0) is 10.0 Å². The summed E-state index contributed by atoms with van der Waals surface area (Å²) < 4.78 is 35.7. The lowest BCUT2D eigenvalue weighted by Gasteiger charge is -2.10. The van der Waals surface area contributed by atoms with E-state index in [1.807, 2.05) is 0 Å². The summed E-state index contributed by atoms with van der Waals surface area (Å²) in [5.74, 6) is -0.589. The molecule has 0 aromatic heterocycles. The lowest BCUT2D eigenvalue weighted by molar-refractivity contribution is 0.593. The molecule has 0 saturated heterocycles. The minimum atomic E-state index is -3.88. The first-order chi connectivity index (χ1) is 6.98. The van der Waals surface area contributed by atoms with Gasteiger partial charge in [-0.25, -0.2) is 17.9 Å². The van der Waals surface area contributed by atoms with Gasteiger partial charge in [0.15, 0.2) is 0 Å². The molecule has 1 aromatic carbocycles. The van der Waals surface area contributed by atoms with Gasteiger partial charge < -0.3 is 5.32 Å². The molecule has 0 spiro atoms. The van der Waals surface area contributed by atoms with E-state index in [1.54, 1.807) is 0 Å². The van der Waals surface area contributed by atoms with Gasteiger partial charge in [0.1, 0.15) is 10.7 Å². The largest absolute Gasteiger partial charge is 0.379 e. The summed E-state index contributed by atoms with van der Waals surface area (Å²) in [6.07, 6.45) is 1.86. The lowest BCUT2D eigenvalue weighted by atomic mass is 10.3. The van der Waals surface area contributed by atoms with Gasteiger partial charge in [0.2, 0.25) is 10.0 Å². The van der Waals surface area contributed by atoms with E-state index in [1.165, 1.54) is 18.2 Å². The second-order valence-electron chi connectivity index (χ2n) is 3.58. The van der Waals surface area contributed by atoms with E-state index in [4.69, 9.17) is 5.14 Å². The van der Waals surface area contributed by atoms with Crippen molar-refractivity contribution in [2.45, 2.75) is 23.8 Å². The summed E-state index contributed by atoms with van der Waals surface area (Å²) >= 11 is 0. The van der Waals surface area contributed by atoms with Gasteiger partial charge in [-0.15, -0.1) is 0 Å². The van der Waals surface area contributed by atoms with E-state index >= 15 is 0 Å². The van der Waals surface area contributed by atoms with Crippen LogP contribution in [0.3, 0.4) is 0 Å². The van der Waals surface area contributed by atoms with Crippen molar-refractivity contribution in [1.82, 2.24) is 0 Å². The zero-order valence-corrected chi connectivity index (χ0v) is 8.72. The van der Waals surface area contributed by atoms with Gasteiger partial charge >= 0.3 is 0 Å². The molecule has 0 atom stereocenters. The fraction of sp³-hybridized carbons (Fsp3) is 0.333. The number of rotatable bonds is 3. The average Bonchev–Trinajstić information content (AvgIpc) is 2.90. The molecule has 3 N–H and O–H groups in total. The standard InChI is InChI=1S/C9H11FN2O2S/c10-7-2-1-3-8(15(11,13)14)9(7)12-6-4-5-6/h1-3,6,12H,4-5H2,(H2,11,13,14). The fourth-order valence-corrected chi connectivity index (χ4v) is 2.02. The highest BCUT2D eigenvalue weighted by atomic mass is 32.2. The Morgan fingerprint density at radius 2 is 2.07 bits per heavy atom. The third-order valence-electron chi connectivity index (χ3n) is 2.21. The molecule has 15 heavy (non-hydrogen) atoms. The van der Waals surface area contributed by atoms with Gasteiger partial charge in [0.25, 0.3) is 0 Å². The first-order valence-electron chi connectivity index (χ1n) is 4.56. The van der Waals surface area contributed by atoms with Crippen LogP contribution in [0.15, 0.2) is 23.1 Å². The number of benzene rings is 1. The average molecular weight is 230 g/mol. The Labute approximate surface area is 87.3 Å². The van der Waals surface area contributed by atoms with Crippen LogP contribution in [-0.4, -0.2) is 14.5 Å². The number of nitrogens with two attached hydrogens (primary N) is 1. The van der Waals surface area contributed by atoms with Crippen molar-refractivity contribution in [3.8, 4) is 0 Å². The highest BCUT2D eigenvalue weighted by Crippen LogP contribution is 2.30.